The first-order valence-electron chi connectivity index (χ1n) is 12.6. The van der Waals surface area contributed by atoms with Gasteiger partial charge in [0.1, 0.15) is 0 Å². The molecule has 4 rings (SSSR count). The van der Waals surface area contributed by atoms with Crippen LogP contribution < -0.4 is 10.2 Å². The highest BCUT2D eigenvalue weighted by atomic mass is 32.2. The molecule has 1 unspecified atom stereocenters. The second-order valence-electron chi connectivity index (χ2n) is 9.52. The van der Waals surface area contributed by atoms with Gasteiger partial charge in [0.05, 0.1) is 23.3 Å². The van der Waals surface area contributed by atoms with Gasteiger partial charge in [-0.3, -0.25) is 4.79 Å². The van der Waals surface area contributed by atoms with Crippen LogP contribution in [0.4, 0.5) is 14.5 Å². The lowest BCUT2D eigenvalue weighted by atomic mass is 9.96. The summed E-state index contributed by atoms with van der Waals surface area (Å²) in [6, 6.07) is 21.6. The van der Waals surface area contributed by atoms with Crippen molar-refractivity contribution in [1.29, 1.82) is 0 Å². The van der Waals surface area contributed by atoms with Crippen LogP contribution in [0.2, 0.25) is 0 Å². The van der Waals surface area contributed by atoms with Crippen molar-refractivity contribution >= 4 is 21.4 Å². The van der Waals surface area contributed by atoms with E-state index in [2.05, 4.69) is 39.2 Å². The fourth-order valence-electron chi connectivity index (χ4n) is 4.72. The number of ether oxygens (including phenoxy) is 1. The quantitative estimate of drug-likeness (QED) is 0.375. The van der Waals surface area contributed by atoms with Crippen molar-refractivity contribution in [3.05, 3.63) is 95.1 Å². The van der Waals surface area contributed by atoms with Crippen molar-refractivity contribution in [2.45, 2.75) is 50.3 Å². The van der Waals surface area contributed by atoms with Crippen LogP contribution in [-0.4, -0.2) is 45.9 Å². The molecule has 0 aromatic heterocycles. The topological polar surface area (TPSA) is 75.7 Å². The summed E-state index contributed by atoms with van der Waals surface area (Å²) in [5.41, 5.74) is 4.42. The Morgan fingerprint density at radius 3 is 2.29 bits per heavy atom. The number of carbonyl (C=O) groups excluding carboxylic acids is 1. The summed E-state index contributed by atoms with van der Waals surface area (Å²) in [4.78, 5) is 15.0. The first-order chi connectivity index (χ1) is 18.2. The zero-order valence-corrected chi connectivity index (χ0v) is 22.3. The van der Waals surface area contributed by atoms with Gasteiger partial charge in [-0.15, -0.1) is 0 Å². The Morgan fingerprint density at radius 1 is 1.03 bits per heavy atom. The predicted molar refractivity (Wildman–Crippen MR) is 143 cm³/mol. The van der Waals surface area contributed by atoms with Gasteiger partial charge in [-0.25, -0.2) is 8.42 Å². The molecule has 1 heterocycles. The maximum atomic E-state index is 12.8. The van der Waals surface area contributed by atoms with Gasteiger partial charge >= 0.3 is 6.61 Å². The minimum atomic E-state index is -3.27. The number of alkyl halides is 2. The number of rotatable bonds is 10. The number of hydrogen-bond acceptors (Lipinski definition) is 5. The smallest absolute Gasteiger partial charge is 0.345 e. The number of nitrogens with one attached hydrogen (secondary N) is 1. The van der Waals surface area contributed by atoms with Gasteiger partial charge in [0, 0.05) is 30.3 Å². The molecular formula is C29H32F2N2O4S. The molecule has 0 spiro atoms. The van der Waals surface area contributed by atoms with E-state index in [9.17, 15) is 22.0 Å². The highest BCUT2D eigenvalue weighted by molar-refractivity contribution is 7.91. The van der Waals surface area contributed by atoms with Crippen molar-refractivity contribution in [1.82, 2.24) is 5.32 Å². The minimum Gasteiger partial charge on any atom is -0.366 e. The average molecular weight is 543 g/mol. The third-order valence-corrected chi connectivity index (χ3v) is 8.70. The molecule has 6 nitrogen and oxygen atoms in total. The number of amides is 1. The summed E-state index contributed by atoms with van der Waals surface area (Å²) in [6.07, 6.45) is 0.691. The van der Waals surface area contributed by atoms with E-state index in [0.29, 0.717) is 18.5 Å². The summed E-state index contributed by atoms with van der Waals surface area (Å²) >= 11 is 0. The van der Waals surface area contributed by atoms with E-state index in [1.165, 1.54) is 0 Å². The van der Waals surface area contributed by atoms with Crippen LogP contribution in [0.5, 0.6) is 0 Å². The number of hydrogen-bond donors (Lipinski definition) is 1. The lowest BCUT2D eigenvalue weighted by Gasteiger charge is -2.26. The SMILES string of the molecule is CCS(=O)(=O)c1ccc(CNC(=O)c2ccc(N3CC(c4ccc(C)cc4)C[C@H]3COC(F)F)cc2)cc1. The van der Waals surface area contributed by atoms with Crippen molar-refractivity contribution in [2.75, 3.05) is 23.8 Å². The summed E-state index contributed by atoms with van der Waals surface area (Å²) in [6.45, 7) is 1.63. The molecule has 1 N–H and O–H groups in total. The Bertz CT molecular complexity index is 1330. The molecule has 0 bridgehead atoms. The number of benzene rings is 3. The first kappa shape index (κ1) is 27.7. The molecule has 1 aliphatic heterocycles. The molecule has 2 atom stereocenters. The molecule has 0 saturated carbocycles. The van der Waals surface area contributed by atoms with Crippen LogP contribution in [0.25, 0.3) is 0 Å². The maximum Gasteiger partial charge on any atom is 0.345 e. The normalized spacial score (nSPS) is 17.7. The second kappa shape index (κ2) is 12.0. The van der Waals surface area contributed by atoms with E-state index in [4.69, 9.17) is 0 Å². The Kier molecular flexibility index (Phi) is 8.79. The van der Waals surface area contributed by atoms with Gasteiger partial charge in [0.25, 0.3) is 5.91 Å². The van der Waals surface area contributed by atoms with Crippen molar-refractivity contribution < 1.29 is 26.7 Å². The maximum absolute atomic E-state index is 12.8. The minimum absolute atomic E-state index is 0.0309. The molecule has 202 valence electrons. The predicted octanol–water partition coefficient (Wildman–Crippen LogP) is 5.32. The fourth-order valence-corrected chi connectivity index (χ4v) is 5.61. The Labute approximate surface area is 222 Å². The first-order valence-corrected chi connectivity index (χ1v) is 14.2. The molecule has 1 aliphatic rings. The van der Waals surface area contributed by atoms with Crippen LogP contribution in [0.1, 0.15) is 46.3 Å². The number of anilines is 1. The van der Waals surface area contributed by atoms with Crippen LogP contribution in [0.3, 0.4) is 0 Å². The van der Waals surface area contributed by atoms with Gasteiger partial charge in [-0.2, -0.15) is 8.78 Å². The molecule has 9 heteroatoms. The van der Waals surface area contributed by atoms with Gasteiger partial charge in [-0.05, 0) is 60.9 Å². The largest absolute Gasteiger partial charge is 0.366 e. The summed E-state index contributed by atoms with van der Waals surface area (Å²) in [5, 5.41) is 2.85. The van der Waals surface area contributed by atoms with Gasteiger partial charge in [-0.1, -0.05) is 48.9 Å². The standard InChI is InChI=1S/C29H32F2N2O4S/c1-3-38(35,36)27-14-6-21(7-15-27)17-32-28(34)23-10-12-25(13-11-23)33-18-24(16-26(33)19-37-29(30)31)22-8-4-20(2)5-9-22/h4-15,24,26,29H,3,16-19H2,1-2H3,(H,32,34)/t24?,26-/m0/s1. The van der Waals surface area contributed by atoms with Crippen molar-refractivity contribution in [3.8, 4) is 0 Å². The molecular weight excluding hydrogens is 510 g/mol. The Hall–Kier alpha value is -3.30. The van der Waals surface area contributed by atoms with Gasteiger partial charge < -0.3 is 15.0 Å². The van der Waals surface area contributed by atoms with E-state index < -0.39 is 16.4 Å². The molecule has 1 fully saturated rings. The molecule has 3 aromatic rings. The highest BCUT2D eigenvalue weighted by Crippen LogP contribution is 2.36. The van der Waals surface area contributed by atoms with Gasteiger partial charge in [0.2, 0.25) is 0 Å². The molecule has 38 heavy (non-hydrogen) atoms. The lowest BCUT2D eigenvalue weighted by Crippen LogP contribution is -2.33. The number of halogens is 2. The van der Waals surface area contributed by atoms with E-state index in [1.54, 1.807) is 43.3 Å². The summed E-state index contributed by atoms with van der Waals surface area (Å²) in [7, 11) is -3.27. The second-order valence-corrected chi connectivity index (χ2v) is 11.8. The van der Waals surface area contributed by atoms with Crippen LogP contribution in [0, 0.1) is 6.92 Å². The molecule has 0 radical (unpaired) electrons. The third-order valence-electron chi connectivity index (χ3n) is 6.95. The zero-order chi connectivity index (χ0) is 27.3. The monoisotopic (exact) mass is 542 g/mol. The van der Waals surface area contributed by atoms with Crippen LogP contribution in [0.15, 0.2) is 77.7 Å². The van der Waals surface area contributed by atoms with Crippen molar-refractivity contribution in [3.63, 3.8) is 0 Å². The Balaban J connectivity index is 1.41. The molecule has 3 aromatic carbocycles. The van der Waals surface area contributed by atoms with Crippen LogP contribution >= 0.6 is 0 Å². The lowest BCUT2D eigenvalue weighted by molar-refractivity contribution is -0.131. The summed E-state index contributed by atoms with van der Waals surface area (Å²) in [5.74, 6) is -0.0507. The average Bonchev–Trinajstić information content (AvgIpc) is 3.35. The Morgan fingerprint density at radius 2 is 1.68 bits per heavy atom. The van der Waals surface area contributed by atoms with E-state index in [0.717, 1.165) is 22.4 Å². The van der Waals surface area contributed by atoms with Crippen LogP contribution in [-0.2, 0) is 21.1 Å². The molecule has 0 aliphatic carbocycles. The fraction of sp³-hybridized carbons (Fsp3) is 0.345. The van der Waals surface area contributed by atoms with E-state index >= 15 is 0 Å². The summed E-state index contributed by atoms with van der Waals surface area (Å²) < 4.78 is 54.2. The van der Waals surface area contributed by atoms with Gasteiger partial charge in [0.15, 0.2) is 9.84 Å². The zero-order valence-electron chi connectivity index (χ0n) is 21.4. The van der Waals surface area contributed by atoms with E-state index in [-0.39, 0.29) is 41.7 Å². The number of aryl methyl sites for hydroxylation is 1. The number of sulfone groups is 1. The van der Waals surface area contributed by atoms with E-state index in [1.807, 2.05) is 19.1 Å². The molecule has 1 saturated heterocycles. The number of nitrogens with zero attached hydrogens (tertiary/aromatic N) is 1. The van der Waals surface area contributed by atoms with Crippen molar-refractivity contribution in [2.24, 2.45) is 0 Å². The molecule has 1 amide bonds. The third kappa shape index (κ3) is 6.76. The number of carbonyl (C=O) groups is 1. The highest BCUT2D eigenvalue weighted by Gasteiger charge is 2.34.